The quantitative estimate of drug-likeness (QED) is 0.362. The van der Waals surface area contributed by atoms with Gasteiger partial charge >= 0.3 is 18.0 Å². The van der Waals surface area contributed by atoms with Gasteiger partial charge in [0.25, 0.3) is 0 Å². The predicted octanol–water partition coefficient (Wildman–Crippen LogP) is 4.22. The summed E-state index contributed by atoms with van der Waals surface area (Å²) in [5.41, 5.74) is 6.65. The van der Waals surface area contributed by atoms with E-state index < -0.39 is 35.4 Å². The Labute approximate surface area is 255 Å². The average molecular weight is 606 g/mol. The van der Waals surface area contributed by atoms with Crippen molar-refractivity contribution in [3.63, 3.8) is 0 Å². The molecule has 1 fully saturated rings. The van der Waals surface area contributed by atoms with Crippen LogP contribution in [0.25, 0.3) is 0 Å². The highest BCUT2D eigenvalue weighted by Gasteiger charge is 2.44. The molecule has 2 aromatic rings. The second-order valence-electron chi connectivity index (χ2n) is 11.4. The molecule has 0 bridgehead atoms. The number of ether oxygens (including phenoxy) is 3. The van der Waals surface area contributed by atoms with E-state index in [2.05, 4.69) is 11.4 Å². The van der Waals surface area contributed by atoms with E-state index in [9.17, 15) is 24.0 Å². The Hall–Kier alpha value is -5.05. The lowest BCUT2D eigenvalue weighted by atomic mass is 9.81. The van der Waals surface area contributed by atoms with Crippen LogP contribution in [0.1, 0.15) is 45.1 Å². The largest absolute Gasteiger partial charge is 0.466 e. The molecule has 44 heavy (non-hydrogen) atoms. The maximum absolute atomic E-state index is 14.9. The van der Waals surface area contributed by atoms with Crippen LogP contribution < -0.4 is 20.9 Å². The summed E-state index contributed by atoms with van der Waals surface area (Å²) in [6.07, 6.45) is 0.590. The maximum Gasteiger partial charge on any atom is 0.407 e. The molecule has 4 rings (SSSR count). The Balaban J connectivity index is 1.81. The van der Waals surface area contributed by atoms with Crippen molar-refractivity contribution < 1.29 is 33.0 Å². The van der Waals surface area contributed by atoms with Crippen LogP contribution in [-0.4, -0.2) is 57.0 Å². The number of rotatable bonds is 6. The number of nitrogens with zero attached hydrogens (tertiary/aromatic N) is 3. The molecule has 0 aromatic heterocycles. The molecule has 232 valence electrons. The van der Waals surface area contributed by atoms with E-state index in [1.807, 2.05) is 4.90 Å². The van der Waals surface area contributed by atoms with Gasteiger partial charge in [-0.1, -0.05) is 30.3 Å². The number of nitrogens with two attached hydrogens (primary N) is 1. The number of halogens is 1. The van der Waals surface area contributed by atoms with Gasteiger partial charge < -0.3 is 30.2 Å². The molecule has 0 saturated carbocycles. The van der Waals surface area contributed by atoms with Gasteiger partial charge in [-0.05, 0) is 51.3 Å². The fraction of sp³-hybridized carbons (Fsp3) is 0.375. The van der Waals surface area contributed by atoms with E-state index in [0.29, 0.717) is 37.2 Å². The summed E-state index contributed by atoms with van der Waals surface area (Å²) in [5.74, 6) is -3.66. The van der Waals surface area contributed by atoms with Crippen molar-refractivity contribution in [2.24, 2.45) is 5.73 Å². The van der Waals surface area contributed by atoms with Crippen molar-refractivity contribution in [1.82, 2.24) is 5.32 Å². The minimum absolute atomic E-state index is 0.0280. The first-order valence-electron chi connectivity index (χ1n) is 14.1. The lowest BCUT2D eigenvalue weighted by molar-refractivity contribution is -0.139. The third-order valence-electron chi connectivity index (χ3n) is 7.35. The number of esters is 2. The molecule has 3 N–H and O–H groups in total. The summed E-state index contributed by atoms with van der Waals surface area (Å²) in [6.45, 7) is 6.27. The van der Waals surface area contributed by atoms with E-state index >= 15 is 0 Å². The minimum Gasteiger partial charge on any atom is -0.466 e. The molecule has 1 atom stereocenters. The van der Waals surface area contributed by atoms with E-state index in [4.69, 9.17) is 19.9 Å². The average Bonchev–Trinajstić information content (AvgIpc) is 2.99. The van der Waals surface area contributed by atoms with Gasteiger partial charge in [0.1, 0.15) is 22.9 Å². The number of benzene rings is 2. The summed E-state index contributed by atoms with van der Waals surface area (Å²) in [6, 6.07) is 14.6. The Bertz CT molecular complexity index is 1530. The third-order valence-corrected chi connectivity index (χ3v) is 7.35. The SMILES string of the molecule is COC(=O)C1=C(C(=O)OC)N(c2cc(F)ccc2N2CCC(NC(=O)OC(C)(C)C)CC2)C(N)=C(C#N)C1c1ccccc1. The number of piperidine rings is 1. The van der Waals surface area contributed by atoms with Crippen molar-refractivity contribution in [1.29, 1.82) is 5.26 Å². The first kappa shape index (κ1) is 31.9. The van der Waals surface area contributed by atoms with Crippen molar-refractivity contribution >= 4 is 29.4 Å². The fourth-order valence-corrected chi connectivity index (χ4v) is 5.45. The fourth-order valence-electron chi connectivity index (χ4n) is 5.45. The molecule has 12 heteroatoms. The van der Waals surface area contributed by atoms with E-state index in [-0.39, 0.29) is 34.4 Å². The predicted molar refractivity (Wildman–Crippen MR) is 161 cm³/mol. The van der Waals surface area contributed by atoms with E-state index in [0.717, 1.165) is 14.2 Å². The van der Waals surface area contributed by atoms with Gasteiger partial charge in [0.05, 0.1) is 48.7 Å². The molecule has 0 aliphatic carbocycles. The third kappa shape index (κ3) is 6.62. The van der Waals surface area contributed by atoms with Crippen LogP contribution in [0.5, 0.6) is 0 Å². The van der Waals surface area contributed by atoms with Crippen molar-refractivity contribution in [2.75, 3.05) is 37.1 Å². The maximum atomic E-state index is 14.9. The molecule has 11 nitrogen and oxygen atoms in total. The lowest BCUT2D eigenvalue weighted by Gasteiger charge is -2.40. The highest BCUT2D eigenvalue weighted by Crippen LogP contribution is 2.45. The topological polar surface area (TPSA) is 147 Å². The number of nitriles is 1. The van der Waals surface area contributed by atoms with Crippen LogP contribution in [0, 0.1) is 17.1 Å². The molecule has 2 aliphatic heterocycles. The van der Waals surface area contributed by atoms with Gasteiger partial charge in [-0.15, -0.1) is 0 Å². The Morgan fingerprint density at radius 2 is 1.64 bits per heavy atom. The van der Waals surface area contributed by atoms with Crippen molar-refractivity contribution in [3.05, 3.63) is 82.6 Å². The number of allylic oxidation sites excluding steroid dienone is 1. The molecule has 1 saturated heterocycles. The number of carbonyl (C=O) groups is 3. The smallest absolute Gasteiger partial charge is 0.407 e. The summed E-state index contributed by atoms with van der Waals surface area (Å²) >= 11 is 0. The first-order chi connectivity index (χ1) is 20.9. The van der Waals surface area contributed by atoms with Crippen LogP contribution >= 0.6 is 0 Å². The molecule has 2 heterocycles. The van der Waals surface area contributed by atoms with Gasteiger partial charge in [-0.3, -0.25) is 4.90 Å². The number of anilines is 2. The van der Waals surface area contributed by atoms with Crippen LogP contribution in [0.4, 0.5) is 20.6 Å². The van der Waals surface area contributed by atoms with Crippen LogP contribution in [0.3, 0.4) is 0 Å². The molecule has 2 aromatic carbocycles. The first-order valence-corrected chi connectivity index (χ1v) is 14.1. The Morgan fingerprint density at radius 1 is 1.00 bits per heavy atom. The van der Waals surface area contributed by atoms with E-state index in [1.165, 1.54) is 17.0 Å². The molecule has 0 spiro atoms. The molecular weight excluding hydrogens is 569 g/mol. The highest BCUT2D eigenvalue weighted by atomic mass is 19.1. The number of amides is 1. The number of nitrogens with one attached hydrogen (secondary N) is 1. The number of hydrogen-bond donors (Lipinski definition) is 2. The van der Waals surface area contributed by atoms with Crippen LogP contribution in [0.2, 0.25) is 0 Å². The number of hydrogen-bond acceptors (Lipinski definition) is 10. The van der Waals surface area contributed by atoms with Gasteiger partial charge in [-0.25, -0.2) is 18.8 Å². The Kier molecular flexibility index (Phi) is 9.47. The second kappa shape index (κ2) is 13.1. The summed E-state index contributed by atoms with van der Waals surface area (Å²) in [4.78, 5) is 42.3. The zero-order valence-corrected chi connectivity index (χ0v) is 25.3. The number of carbonyl (C=O) groups excluding carboxylic acids is 3. The summed E-state index contributed by atoms with van der Waals surface area (Å²) in [7, 11) is 2.31. The number of alkyl carbamates (subject to hydrolysis) is 1. The monoisotopic (exact) mass is 605 g/mol. The van der Waals surface area contributed by atoms with Gasteiger partial charge in [0, 0.05) is 25.2 Å². The normalized spacial score (nSPS) is 17.6. The zero-order valence-electron chi connectivity index (χ0n) is 25.3. The molecule has 2 aliphatic rings. The molecule has 0 radical (unpaired) electrons. The van der Waals surface area contributed by atoms with E-state index in [1.54, 1.807) is 57.2 Å². The zero-order chi connectivity index (χ0) is 32.2. The van der Waals surface area contributed by atoms with Gasteiger partial charge in [0.15, 0.2) is 0 Å². The number of methoxy groups -OCH3 is 2. The Morgan fingerprint density at radius 3 is 2.20 bits per heavy atom. The van der Waals surface area contributed by atoms with Gasteiger partial charge in [0.2, 0.25) is 0 Å². The highest BCUT2D eigenvalue weighted by molar-refractivity contribution is 6.07. The van der Waals surface area contributed by atoms with Crippen LogP contribution in [0.15, 0.2) is 71.2 Å². The lowest BCUT2D eigenvalue weighted by Crippen LogP contribution is -2.47. The van der Waals surface area contributed by atoms with Gasteiger partial charge in [-0.2, -0.15) is 5.26 Å². The summed E-state index contributed by atoms with van der Waals surface area (Å²) < 4.78 is 30.5. The van der Waals surface area contributed by atoms with Crippen LogP contribution in [-0.2, 0) is 23.8 Å². The molecule has 1 amide bonds. The molecule has 1 unspecified atom stereocenters. The minimum atomic E-state index is -1.05. The molecular formula is C32H36FN5O6. The standard InChI is InChI=1S/C32H36FN5O6/c1-32(2,3)44-31(41)36-21-13-15-37(16-14-21)23-12-11-20(33)17-24(23)38-27(30(40)43-5)26(29(39)42-4)25(22(18-34)28(38)35)19-9-7-6-8-10-19/h6-12,17,21,25H,13-16,35H2,1-5H3,(H,36,41). The summed E-state index contributed by atoms with van der Waals surface area (Å²) in [5, 5.41) is 13.2. The van der Waals surface area contributed by atoms with Crippen molar-refractivity contribution in [3.8, 4) is 6.07 Å². The van der Waals surface area contributed by atoms with Crippen molar-refractivity contribution in [2.45, 2.75) is 51.2 Å². The second-order valence-corrected chi connectivity index (χ2v) is 11.4.